The molecule has 1 spiro atoms. The molecule has 2 aliphatic rings. The molecule has 1 saturated carbocycles. The number of aliphatic hydroxyl groups excluding tert-OH is 1. The lowest BCUT2D eigenvalue weighted by molar-refractivity contribution is 0.0789. The summed E-state index contributed by atoms with van der Waals surface area (Å²) in [6.45, 7) is 2.18. The third kappa shape index (κ3) is 1.29. The highest BCUT2D eigenvalue weighted by molar-refractivity contribution is 8.01. The number of thioether (sulfide) groups is 1. The number of hydrogen-bond donors (Lipinski definition) is 1. The zero-order chi connectivity index (χ0) is 8.60. The van der Waals surface area contributed by atoms with E-state index in [0.717, 1.165) is 0 Å². The molecule has 0 aromatic carbocycles. The van der Waals surface area contributed by atoms with Crippen molar-refractivity contribution in [3.05, 3.63) is 0 Å². The van der Waals surface area contributed by atoms with Gasteiger partial charge in [0.2, 0.25) is 0 Å². The Labute approximate surface area is 78.9 Å². The Hall–Kier alpha value is 0.310. The summed E-state index contributed by atoms with van der Waals surface area (Å²) >= 11 is 2.03. The van der Waals surface area contributed by atoms with E-state index in [-0.39, 0.29) is 10.9 Å². The van der Waals surface area contributed by atoms with E-state index in [2.05, 4.69) is 6.92 Å². The van der Waals surface area contributed by atoms with Gasteiger partial charge in [0.15, 0.2) is 0 Å². The van der Waals surface area contributed by atoms with Gasteiger partial charge in [0.25, 0.3) is 0 Å². The zero-order valence-electron chi connectivity index (χ0n) is 7.75. The van der Waals surface area contributed by atoms with E-state index >= 15 is 0 Å². The first-order chi connectivity index (χ1) is 5.75. The highest BCUT2D eigenvalue weighted by Gasteiger charge is 2.46. The van der Waals surface area contributed by atoms with Crippen LogP contribution in [0.3, 0.4) is 0 Å². The maximum absolute atomic E-state index is 10.1. The summed E-state index contributed by atoms with van der Waals surface area (Å²) in [6.07, 6.45) is 6.52. The van der Waals surface area contributed by atoms with Gasteiger partial charge in [-0.1, -0.05) is 26.2 Å². The van der Waals surface area contributed by atoms with E-state index in [1.165, 1.54) is 37.9 Å². The van der Waals surface area contributed by atoms with Crippen LogP contribution in [0.25, 0.3) is 0 Å². The van der Waals surface area contributed by atoms with Crippen LogP contribution in [0.5, 0.6) is 0 Å². The Balaban J connectivity index is 2.09. The molecular formula is C10H18OS. The highest BCUT2D eigenvalue weighted by Crippen LogP contribution is 2.50. The van der Waals surface area contributed by atoms with Gasteiger partial charge in [0.1, 0.15) is 0 Å². The van der Waals surface area contributed by atoms with Crippen LogP contribution in [0, 0.1) is 5.92 Å². The third-order valence-electron chi connectivity index (χ3n) is 3.41. The molecule has 1 N–H and O–H groups in total. The van der Waals surface area contributed by atoms with Crippen molar-refractivity contribution in [1.82, 2.24) is 0 Å². The SMILES string of the molecule is C[C@H]1CSC2(CCCCC2)[C@H]1O. The summed E-state index contributed by atoms with van der Waals surface area (Å²) in [6, 6.07) is 0. The van der Waals surface area contributed by atoms with Crippen LogP contribution in [0.15, 0.2) is 0 Å². The molecule has 1 saturated heterocycles. The van der Waals surface area contributed by atoms with Gasteiger partial charge in [-0.3, -0.25) is 0 Å². The second-order valence-electron chi connectivity index (χ2n) is 4.36. The fraction of sp³-hybridized carbons (Fsp3) is 1.00. The normalized spacial score (nSPS) is 40.5. The second kappa shape index (κ2) is 3.22. The van der Waals surface area contributed by atoms with Crippen LogP contribution < -0.4 is 0 Å². The van der Waals surface area contributed by atoms with E-state index in [4.69, 9.17) is 0 Å². The lowest BCUT2D eigenvalue weighted by atomic mass is 9.81. The quantitative estimate of drug-likeness (QED) is 0.627. The summed E-state index contributed by atoms with van der Waals surface area (Å²) < 4.78 is 0.275. The fourth-order valence-electron chi connectivity index (χ4n) is 2.58. The van der Waals surface area contributed by atoms with Gasteiger partial charge in [0, 0.05) is 4.75 Å². The molecule has 1 nitrogen and oxygen atoms in total. The minimum absolute atomic E-state index is 0.0252. The topological polar surface area (TPSA) is 20.2 Å². The number of aliphatic hydroxyl groups is 1. The monoisotopic (exact) mass is 186 g/mol. The lowest BCUT2D eigenvalue weighted by Gasteiger charge is -2.36. The summed E-state index contributed by atoms with van der Waals surface area (Å²) in [7, 11) is 0. The molecule has 0 aromatic heterocycles. The van der Waals surface area contributed by atoms with Crippen LogP contribution in [-0.2, 0) is 0 Å². The minimum atomic E-state index is -0.0252. The van der Waals surface area contributed by atoms with Crippen molar-refractivity contribution < 1.29 is 5.11 Å². The average Bonchev–Trinajstić information content (AvgIpc) is 2.37. The average molecular weight is 186 g/mol. The van der Waals surface area contributed by atoms with Crippen molar-refractivity contribution in [2.24, 2.45) is 5.92 Å². The molecule has 70 valence electrons. The van der Waals surface area contributed by atoms with Gasteiger partial charge in [0.05, 0.1) is 6.10 Å². The van der Waals surface area contributed by atoms with Gasteiger partial charge in [-0.25, -0.2) is 0 Å². The first-order valence-corrected chi connectivity index (χ1v) is 6.05. The molecule has 2 atom stereocenters. The predicted molar refractivity (Wildman–Crippen MR) is 53.4 cm³/mol. The van der Waals surface area contributed by atoms with Gasteiger partial charge in [-0.05, 0) is 24.5 Å². The van der Waals surface area contributed by atoms with Crippen LogP contribution in [0.4, 0.5) is 0 Å². The van der Waals surface area contributed by atoms with Crippen molar-refractivity contribution in [3.8, 4) is 0 Å². The van der Waals surface area contributed by atoms with Crippen molar-refractivity contribution >= 4 is 11.8 Å². The van der Waals surface area contributed by atoms with E-state index in [9.17, 15) is 5.11 Å². The summed E-state index contributed by atoms with van der Waals surface area (Å²) in [5, 5.41) is 10.1. The smallest absolute Gasteiger partial charge is 0.0720 e. The number of rotatable bonds is 0. The Kier molecular flexibility index (Phi) is 2.39. The van der Waals surface area contributed by atoms with Crippen LogP contribution in [-0.4, -0.2) is 21.7 Å². The molecule has 1 aliphatic carbocycles. The Bertz CT molecular complexity index is 158. The molecule has 1 aliphatic heterocycles. The molecule has 2 fully saturated rings. The molecule has 2 heteroatoms. The maximum Gasteiger partial charge on any atom is 0.0720 e. The van der Waals surface area contributed by atoms with E-state index in [0.29, 0.717) is 5.92 Å². The van der Waals surface area contributed by atoms with Crippen molar-refractivity contribution in [2.75, 3.05) is 5.75 Å². The molecule has 0 unspecified atom stereocenters. The highest BCUT2D eigenvalue weighted by atomic mass is 32.2. The molecule has 1 heterocycles. The van der Waals surface area contributed by atoms with Gasteiger partial charge in [-0.2, -0.15) is 11.8 Å². The van der Waals surface area contributed by atoms with Gasteiger partial charge >= 0.3 is 0 Å². The summed E-state index contributed by atoms with van der Waals surface area (Å²) in [5.41, 5.74) is 0. The predicted octanol–water partition coefficient (Wildman–Crippen LogP) is 2.43. The van der Waals surface area contributed by atoms with Crippen LogP contribution in [0.2, 0.25) is 0 Å². The van der Waals surface area contributed by atoms with Crippen molar-refractivity contribution in [1.29, 1.82) is 0 Å². The summed E-state index contributed by atoms with van der Waals surface area (Å²) in [5.74, 6) is 1.69. The first-order valence-electron chi connectivity index (χ1n) is 5.07. The molecule has 0 bridgehead atoms. The van der Waals surface area contributed by atoms with Crippen molar-refractivity contribution in [2.45, 2.75) is 49.9 Å². The molecule has 2 rings (SSSR count). The maximum atomic E-state index is 10.1. The molecule has 12 heavy (non-hydrogen) atoms. The summed E-state index contributed by atoms with van der Waals surface area (Å²) in [4.78, 5) is 0. The van der Waals surface area contributed by atoms with E-state index in [1.54, 1.807) is 0 Å². The van der Waals surface area contributed by atoms with Crippen LogP contribution >= 0.6 is 11.8 Å². The standard InChI is InChI=1S/C10H18OS/c1-8-7-12-10(9(8)11)5-3-2-4-6-10/h8-9,11H,2-7H2,1H3/t8-,9-/m0/s1. The van der Waals surface area contributed by atoms with Crippen LogP contribution in [0.1, 0.15) is 39.0 Å². The van der Waals surface area contributed by atoms with Gasteiger partial charge in [-0.15, -0.1) is 0 Å². The molecule has 0 radical (unpaired) electrons. The Morgan fingerprint density at radius 3 is 2.42 bits per heavy atom. The Morgan fingerprint density at radius 1 is 1.25 bits per heavy atom. The second-order valence-corrected chi connectivity index (χ2v) is 5.79. The van der Waals surface area contributed by atoms with Crippen molar-refractivity contribution in [3.63, 3.8) is 0 Å². The number of hydrogen-bond acceptors (Lipinski definition) is 2. The Morgan fingerprint density at radius 2 is 1.92 bits per heavy atom. The first kappa shape index (κ1) is 8.89. The van der Waals surface area contributed by atoms with E-state index in [1.807, 2.05) is 11.8 Å². The van der Waals surface area contributed by atoms with E-state index < -0.39 is 0 Å². The van der Waals surface area contributed by atoms with Gasteiger partial charge < -0.3 is 5.11 Å². The molecule has 0 amide bonds. The largest absolute Gasteiger partial charge is 0.391 e. The minimum Gasteiger partial charge on any atom is -0.391 e. The third-order valence-corrected chi connectivity index (χ3v) is 5.33. The molecular weight excluding hydrogens is 168 g/mol. The lowest BCUT2D eigenvalue weighted by Crippen LogP contribution is -2.39. The fourth-order valence-corrected chi connectivity index (χ4v) is 4.34. The zero-order valence-corrected chi connectivity index (χ0v) is 8.57. The molecule has 0 aromatic rings.